The molecule has 0 rings (SSSR count). The highest BCUT2D eigenvalue weighted by molar-refractivity contribution is 7.53. The van der Waals surface area contributed by atoms with E-state index in [0.29, 0.717) is 0 Å². The van der Waals surface area contributed by atoms with E-state index in [1.165, 1.54) is 13.8 Å². The molecule has 24 heavy (non-hydrogen) atoms. The van der Waals surface area contributed by atoms with E-state index in [0.717, 1.165) is 0 Å². The van der Waals surface area contributed by atoms with Gasteiger partial charge in [0.15, 0.2) is 0 Å². The van der Waals surface area contributed by atoms with Crippen molar-refractivity contribution in [2.45, 2.75) is 46.8 Å². The van der Waals surface area contributed by atoms with Crippen LogP contribution in [0.5, 0.6) is 0 Å². The molecule has 0 saturated carbocycles. The normalized spacial score (nSPS) is 15.7. The Morgan fingerprint density at radius 3 is 1.50 bits per heavy atom. The lowest BCUT2D eigenvalue weighted by molar-refractivity contribution is -0.145. The van der Waals surface area contributed by atoms with Crippen LogP contribution in [-0.2, 0) is 32.7 Å². The lowest BCUT2D eigenvalue weighted by Gasteiger charge is -2.21. The third-order valence-electron chi connectivity index (χ3n) is 2.71. The lowest BCUT2D eigenvalue weighted by atomic mass is 10.3. The molecule has 7 nitrogen and oxygen atoms in total. The molecule has 0 fully saturated rings. The van der Waals surface area contributed by atoms with E-state index in [4.69, 9.17) is 18.5 Å². The summed E-state index contributed by atoms with van der Waals surface area (Å²) in [6.07, 6.45) is -1.07. The predicted molar refractivity (Wildman–Crippen MR) is 90.8 cm³/mol. The van der Waals surface area contributed by atoms with Crippen molar-refractivity contribution in [3.63, 3.8) is 0 Å². The molecule has 8 heteroatoms. The first kappa shape index (κ1) is 22.6. The molecule has 0 aliphatic rings. The number of carbonyl (C=O) groups excluding carboxylic acids is 2. The second kappa shape index (κ2) is 10.4. The monoisotopic (exact) mass is 362 g/mol. The molecule has 0 N–H and O–H groups in total. The Labute approximate surface area is 143 Å². The fraction of sp³-hybridized carbons (Fsp3) is 0.625. The van der Waals surface area contributed by atoms with Gasteiger partial charge in [-0.3, -0.25) is 4.57 Å². The molecule has 0 aromatic rings. The molecular formula is C16H27O7P. The second-order valence-electron chi connectivity index (χ2n) is 5.51. The molecule has 0 spiro atoms. The van der Waals surface area contributed by atoms with Gasteiger partial charge in [0, 0.05) is 17.3 Å². The van der Waals surface area contributed by atoms with Gasteiger partial charge in [-0.25, -0.2) is 9.59 Å². The SMILES string of the molecule is C=C(C)C(=O)OC(C)COP(=O)(CC)OCC(C)OC(=O)C(=C)C. The molecular weight excluding hydrogens is 335 g/mol. The van der Waals surface area contributed by atoms with Crippen LogP contribution in [0.25, 0.3) is 0 Å². The quantitative estimate of drug-likeness (QED) is 0.317. The van der Waals surface area contributed by atoms with Crippen molar-refractivity contribution in [2.75, 3.05) is 19.4 Å². The Kier molecular flexibility index (Phi) is 9.82. The molecule has 0 radical (unpaired) electrons. The third kappa shape index (κ3) is 9.01. The fourth-order valence-corrected chi connectivity index (χ4v) is 2.61. The average Bonchev–Trinajstić information content (AvgIpc) is 2.50. The molecule has 0 aliphatic heterocycles. The van der Waals surface area contributed by atoms with Crippen molar-refractivity contribution in [3.8, 4) is 0 Å². The number of hydrogen-bond donors (Lipinski definition) is 0. The summed E-state index contributed by atoms with van der Waals surface area (Å²) in [6.45, 7) is 14.7. The van der Waals surface area contributed by atoms with Crippen molar-refractivity contribution in [1.82, 2.24) is 0 Å². The number of hydrogen-bond acceptors (Lipinski definition) is 7. The van der Waals surface area contributed by atoms with Crippen molar-refractivity contribution < 1.29 is 32.7 Å². The van der Waals surface area contributed by atoms with E-state index in [-0.39, 0.29) is 30.5 Å². The van der Waals surface area contributed by atoms with Gasteiger partial charge in [-0.1, -0.05) is 20.1 Å². The zero-order chi connectivity index (χ0) is 18.9. The van der Waals surface area contributed by atoms with Gasteiger partial charge in [0.2, 0.25) is 0 Å². The molecule has 0 aliphatic carbocycles. The van der Waals surface area contributed by atoms with Gasteiger partial charge in [-0.05, 0) is 27.7 Å². The highest BCUT2D eigenvalue weighted by Gasteiger charge is 2.25. The van der Waals surface area contributed by atoms with Gasteiger partial charge in [-0.15, -0.1) is 0 Å². The summed E-state index contributed by atoms with van der Waals surface area (Å²) in [5.74, 6) is -1.09. The maximum absolute atomic E-state index is 12.5. The van der Waals surface area contributed by atoms with Crippen molar-refractivity contribution in [3.05, 3.63) is 24.3 Å². The summed E-state index contributed by atoms with van der Waals surface area (Å²) in [5, 5.41) is 0. The molecule has 0 heterocycles. The largest absolute Gasteiger partial charge is 0.457 e. The maximum atomic E-state index is 12.5. The summed E-state index contributed by atoms with van der Waals surface area (Å²) in [7, 11) is -3.37. The molecule has 2 atom stereocenters. The Morgan fingerprint density at radius 1 is 0.917 bits per heavy atom. The first-order chi connectivity index (χ1) is 11.0. The number of esters is 2. The highest BCUT2D eigenvalue weighted by Crippen LogP contribution is 2.48. The van der Waals surface area contributed by atoms with E-state index in [9.17, 15) is 14.2 Å². The summed E-state index contributed by atoms with van der Waals surface area (Å²) in [6, 6.07) is 0. The summed E-state index contributed by atoms with van der Waals surface area (Å²) in [4.78, 5) is 22.8. The van der Waals surface area contributed by atoms with Crippen LogP contribution in [0.2, 0.25) is 0 Å². The topological polar surface area (TPSA) is 88.1 Å². The van der Waals surface area contributed by atoms with Crippen LogP contribution >= 0.6 is 7.60 Å². The van der Waals surface area contributed by atoms with Crippen LogP contribution < -0.4 is 0 Å². The van der Waals surface area contributed by atoms with E-state index in [1.54, 1.807) is 20.8 Å². The van der Waals surface area contributed by atoms with Gasteiger partial charge >= 0.3 is 19.5 Å². The van der Waals surface area contributed by atoms with Crippen molar-refractivity contribution in [1.29, 1.82) is 0 Å². The predicted octanol–water partition coefficient (Wildman–Crippen LogP) is 3.25. The Hall–Kier alpha value is -1.43. The smallest absolute Gasteiger partial charge is 0.333 e. The summed E-state index contributed by atoms with van der Waals surface area (Å²) in [5.41, 5.74) is 0.537. The van der Waals surface area contributed by atoms with Crippen LogP contribution in [0.4, 0.5) is 0 Å². The minimum absolute atomic E-state index is 0.0793. The number of carbonyl (C=O) groups is 2. The van der Waals surface area contributed by atoms with Gasteiger partial charge < -0.3 is 18.5 Å². The van der Waals surface area contributed by atoms with Crippen LogP contribution in [0.3, 0.4) is 0 Å². The number of rotatable bonds is 11. The first-order valence-electron chi connectivity index (χ1n) is 7.61. The van der Waals surface area contributed by atoms with Crippen LogP contribution in [0.1, 0.15) is 34.6 Å². The van der Waals surface area contributed by atoms with Crippen molar-refractivity contribution in [2.24, 2.45) is 0 Å². The highest BCUT2D eigenvalue weighted by atomic mass is 31.2. The van der Waals surface area contributed by atoms with E-state index >= 15 is 0 Å². The first-order valence-corrected chi connectivity index (χ1v) is 9.34. The van der Waals surface area contributed by atoms with Crippen molar-refractivity contribution >= 4 is 19.5 Å². The van der Waals surface area contributed by atoms with Gasteiger partial charge in [0.25, 0.3) is 0 Å². The molecule has 0 bridgehead atoms. The maximum Gasteiger partial charge on any atom is 0.333 e. The van der Waals surface area contributed by atoms with Gasteiger partial charge in [0.1, 0.15) is 12.2 Å². The van der Waals surface area contributed by atoms with E-state index in [2.05, 4.69) is 13.2 Å². The summed E-state index contributed by atoms with van der Waals surface area (Å²) >= 11 is 0. The Bertz CT molecular complexity index is 485. The third-order valence-corrected chi connectivity index (χ3v) is 4.57. The molecule has 0 saturated heterocycles. The standard InChI is InChI=1S/C16H27O7P/c1-8-24(19,20-9-13(6)22-15(17)11(2)3)21-10-14(7)23-16(18)12(4)5/h13-14H,2,4,8-10H2,1,3,5-7H3. The van der Waals surface area contributed by atoms with Crippen LogP contribution in [0.15, 0.2) is 24.3 Å². The van der Waals surface area contributed by atoms with E-state index in [1.807, 2.05) is 0 Å². The second-order valence-corrected chi connectivity index (χ2v) is 7.88. The zero-order valence-corrected chi connectivity index (χ0v) is 15.9. The van der Waals surface area contributed by atoms with Crippen LogP contribution in [0, 0.1) is 0 Å². The van der Waals surface area contributed by atoms with Gasteiger partial charge in [0.05, 0.1) is 13.2 Å². The Balaban J connectivity index is 4.41. The summed E-state index contributed by atoms with van der Waals surface area (Å²) < 4.78 is 33.1. The average molecular weight is 362 g/mol. The van der Waals surface area contributed by atoms with Gasteiger partial charge in [-0.2, -0.15) is 0 Å². The number of ether oxygens (including phenoxy) is 2. The molecule has 138 valence electrons. The fourth-order valence-electron chi connectivity index (χ4n) is 1.29. The lowest BCUT2D eigenvalue weighted by Crippen LogP contribution is -2.22. The molecule has 0 aromatic carbocycles. The molecule has 0 aromatic heterocycles. The zero-order valence-electron chi connectivity index (χ0n) is 15.0. The minimum atomic E-state index is -3.37. The molecule has 0 amide bonds. The van der Waals surface area contributed by atoms with Crippen LogP contribution in [-0.4, -0.2) is 43.5 Å². The minimum Gasteiger partial charge on any atom is -0.457 e. The van der Waals surface area contributed by atoms with E-state index < -0.39 is 31.7 Å². The molecule has 2 unspecified atom stereocenters. The Morgan fingerprint density at radius 2 is 1.25 bits per heavy atom.